The van der Waals surface area contributed by atoms with Crippen molar-refractivity contribution in [2.24, 2.45) is 0 Å². The molecule has 0 unspecified atom stereocenters. The molecule has 0 heterocycles. The fraction of sp³-hybridized carbons (Fsp3) is 0.877. The molecule has 0 aromatic carbocycles. The van der Waals surface area contributed by atoms with E-state index in [0.717, 1.165) is 51.4 Å². The third-order valence-electron chi connectivity index (χ3n) is 14.2. The van der Waals surface area contributed by atoms with E-state index < -0.39 is 6.10 Å². The van der Waals surface area contributed by atoms with Crippen LogP contribution < -0.4 is 0 Å². The van der Waals surface area contributed by atoms with E-state index in [-0.39, 0.29) is 25.2 Å². The first-order valence-electron chi connectivity index (χ1n) is 31.5. The van der Waals surface area contributed by atoms with Gasteiger partial charge < -0.3 is 14.2 Å². The molecule has 0 aliphatic carbocycles. The maximum Gasteiger partial charge on any atom is 0.306 e. The first kappa shape index (κ1) is 68.1. The predicted molar refractivity (Wildman–Crippen MR) is 307 cm³/mol. The summed E-state index contributed by atoms with van der Waals surface area (Å²) >= 11 is 0. The Balaban J connectivity index is 4.25. The Hall–Kier alpha value is -1.88. The largest absolute Gasteiger partial charge is 0.462 e. The highest BCUT2D eigenvalue weighted by Crippen LogP contribution is 2.17. The van der Waals surface area contributed by atoms with Gasteiger partial charge in [0.05, 0.1) is 6.61 Å². The second-order valence-corrected chi connectivity index (χ2v) is 21.3. The van der Waals surface area contributed by atoms with E-state index in [0.29, 0.717) is 19.4 Å². The standard InChI is InChI=1S/C65H122O5/c1-4-7-10-13-16-19-22-25-28-31-32-33-34-36-37-40-43-46-49-52-55-58-64(66)69-62-63(61-68-60-57-54-51-48-45-42-39-30-27-24-21-18-15-12-9-6-3)70-65(67)59-56-53-50-47-44-41-38-35-29-26-23-20-17-14-11-8-5-2/h26,29,38,41,47,50,63H,4-25,27-28,30-37,39-40,42-46,48-49,51-62H2,1-3H3/b29-26-,41-38-,50-47-/t63-/m1/s1. The minimum atomic E-state index is -0.558. The van der Waals surface area contributed by atoms with Crippen LogP contribution in [-0.4, -0.2) is 37.9 Å². The Morgan fingerprint density at radius 1 is 0.314 bits per heavy atom. The second kappa shape index (κ2) is 61.4. The number of carbonyl (C=O) groups excluding carboxylic acids is 2. The van der Waals surface area contributed by atoms with Crippen molar-refractivity contribution in [3.05, 3.63) is 36.5 Å². The highest BCUT2D eigenvalue weighted by molar-refractivity contribution is 5.70. The fourth-order valence-electron chi connectivity index (χ4n) is 9.47. The number of allylic oxidation sites excluding steroid dienone is 6. The summed E-state index contributed by atoms with van der Waals surface area (Å²) in [6.45, 7) is 7.85. The molecule has 412 valence electrons. The normalized spacial score (nSPS) is 12.3. The first-order chi connectivity index (χ1) is 34.6. The second-order valence-electron chi connectivity index (χ2n) is 21.3. The van der Waals surface area contributed by atoms with Crippen LogP contribution in [0.5, 0.6) is 0 Å². The van der Waals surface area contributed by atoms with E-state index in [1.807, 2.05) is 0 Å². The monoisotopic (exact) mass is 983 g/mol. The molecular formula is C65H122O5. The van der Waals surface area contributed by atoms with Crippen LogP contribution in [0.25, 0.3) is 0 Å². The van der Waals surface area contributed by atoms with E-state index in [2.05, 4.69) is 57.2 Å². The molecule has 0 saturated carbocycles. The lowest BCUT2D eigenvalue weighted by atomic mass is 10.0. The van der Waals surface area contributed by atoms with Gasteiger partial charge >= 0.3 is 11.9 Å². The zero-order chi connectivity index (χ0) is 50.6. The molecule has 5 heteroatoms. The maximum absolute atomic E-state index is 12.9. The first-order valence-corrected chi connectivity index (χ1v) is 31.5. The Kier molecular flexibility index (Phi) is 59.8. The van der Waals surface area contributed by atoms with Crippen LogP contribution >= 0.6 is 0 Å². The maximum atomic E-state index is 12.9. The van der Waals surface area contributed by atoms with E-state index >= 15 is 0 Å². The fourth-order valence-corrected chi connectivity index (χ4v) is 9.47. The Bertz CT molecular complexity index is 1110. The van der Waals surface area contributed by atoms with E-state index in [9.17, 15) is 9.59 Å². The summed E-state index contributed by atoms with van der Waals surface area (Å²) in [5.74, 6) is -0.433. The van der Waals surface area contributed by atoms with Gasteiger partial charge in [-0.05, 0) is 51.4 Å². The van der Waals surface area contributed by atoms with Crippen molar-refractivity contribution in [1.82, 2.24) is 0 Å². The van der Waals surface area contributed by atoms with Crippen molar-refractivity contribution in [3.63, 3.8) is 0 Å². The van der Waals surface area contributed by atoms with Gasteiger partial charge in [0.15, 0.2) is 6.10 Å². The number of ether oxygens (including phenoxy) is 3. The van der Waals surface area contributed by atoms with Crippen LogP contribution in [0.15, 0.2) is 36.5 Å². The molecule has 1 atom stereocenters. The molecule has 0 amide bonds. The van der Waals surface area contributed by atoms with Crippen LogP contribution in [0, 0.1) is 0 Å². The van der Waals surface area contributed by atoms with E-state index in [1.165, 1.54) is 257 Å². The minimum Gasteiger partial charge on any atom is -0.462 e. The van der Waals surface area contributed by atoms with Crippen LogP contribution in [0.2, 0.25) is 0 Å². The van der Waals surface area contributed by atoms with Gasteiger partial charge in [-0.2, -0.15) is 0 Å². The van der Waals surface area contributed by atoms with Crippen molar-refractivity contribution < 1.29 is 23.8 Å². The number of unbranched alkanes of at least 4 members (excludes halogenated alkanes) is 42. The summed E-state index contributed by atoms with van der Waals surface area (Å²) in [6, 6.07) is 0. The van der Waals surface area contributed by atoms with Gasteiger partial charge in [0.1, 0.15) is 6.61 Å². The van der Waals surface area contributed by atoms with Gasteiger partial charge in [0.2, 0.25) is 0 Å². The average Bonchev–Trinajstić information content (AvgIpc) is 3.36. The Morgan fingerprint density at radius 2 is 0.614 bits per heavy atom. The topological polar surface area (TPSA) is 61.8 Å². The molecule has 0 spiro atoms. The van der Waals surface area contributed by atoms with E-state index in [4.69, 9.17) is 14.2 Å². The van der Waals surface area contributed by atoms with Crippen molar-refractivity contribution >= 4 is 11.9 Å². The minimum absolute atomic E-state index is 0.0727. The molecule has 5 nitrogen and oxygen atoms in total. The van der Waals surface area contributed by atoms with Gasteiger partial charge in [0, 0.05) is 19.4 Å². The van der Waals surface area contributed by atoms with Crippen molar-refractivity contribution in [1.29, 1.82) is 0 Å². The molecule has 70 heavy (non-hydrogen) atoms. The SMILES string of the molecule is CCCCCCCC/C=C\C/C=C\C/C=C\CCCC(=O)O[C@H](COCCCCCCCCCCCCCCCCCC)COC(=O)CCCCCCCCCCCCCCCCCCCCCCC. The number of rotatable bonds is 59. The molecule has 0 aliphatic heterocycles. The average molecular weight is 984 g/mol. The molecule has 0 N–H and O–H groups in total. The molecule has 0 bridgehead atoms. The molecule has 0 radical (unpaired) electrons. The zero-order valence-corrected chi connectivity index (χ0v) is 47.6. The van der Waals surface area contributed by atoms with Crippen LogP contribution in [0.3, 0.4) is 0 Å². The highest BCUT2D eigenvalue weighted by Gasteiger charge is 2.17. The number of hydrogen-bond donors (Lipinski definition) is 0. The molecule has 0 rings (SSSR count). The highest BCUT2D eigenvalue weighted by atomic mass is 16.6. The van der Waals surface area contributed by atoms with Gasteiger partial charge in [-0.1, -0.05) is 314 Å². The van der Waals surface area contributed by atoms with Crippen LogP contribution in [0.1, 0.15) is 342 Å². The molecule has 0 fully saturated rings. The Labute approximate surface area is 438 Å². The summed E-state index contributed by atoms with van der Waals surface area (Å²) < 4.78 is 17.5. The third-order valence-corrected chi connectivity index (χ3v) is 14.2. The lowest BCUT2D eigenvalue weighted by Gasteiger charge is -2.18. The molecule has 0 aliphatic rings. The number of esters is 2. The lowest BCUT2D eigenvalue weighted by Crippen LogP contribution is -2.30. The number of hydrogen-bond acceptors (Lipinski definition) is 5. The smallest absolute Gasteiger partial charge is 0.306 e. The third kappa shape index (κ3) is 58.7. The van der Waals surface area contributed by atoms with Crippen molar-refractivity contribution in [3.8, 4) is 0 Å². The molecule has 0 saturated heterocycles. The zero-order valence-electron chi connectivity index (χ0n) is 47.6. The van der Waals surface area contributed by atoms with Crippen LogP contribution in [0.4, 0.5) is 0 Å². The van der Waals surface area contributed by atoms with Crippen molar-refractivity contribution in [2.75, 3.05) is 19.8 Å². The van der Waals surface area contributed by atoms with Gasteiger partial charge in [-0.3, -0.25) is 9.59 Å². The number of carbonyl (C=O) groups is 2. The molecular weight excluding hydrogens is 861 g/mol. The summed E-state index contributed by atoms with van der Waals surface area (Å²) in [4.78, 5) is 25.6. The molecule has 0 aromatic heterocycles. The van der Waals surface area contributed by atoms with Gasteiger partial charge in [-0.15, -0.1) is 0 Å². The Morgan fingerprint density at radius 3 is 1.00 bits per heavy atom. The summed E-state index contributed by atoms with van der Waals surface area (Å²) in [5.41, 5.74) is 0. The van der Waals surface area contributed by atoms with Crippen molar-refractivity contribution in [2.45, 2.75) is 348 Å². The van der Waals surface area contributed by atoms with Crippen LogP contribution in [-0.2, 0) is 23.8 Å². The quantitative estimate of drug-likeness (QED) is 0.0345. The lowest BCUT2D eigenvalue weighted by molar-refractivity contribution is -0.162. The predicted octanol–water partition coefficient (Wildman–Crippen LogP) is 21.7. The van der Waals surface area contributed by atoms with Gasteiger partial charge in [0.25, 0.3) is 0 Å². The summed E-state index contributed by atoms with van der Waals surface area (Å²) in [7, 11) is 0. The summed E-state index contributed by atoms with van der Waals surface area (Å²) in [5, 5.41) is 0. The summed E-state index contributed by atoms with van der Waals surface area (Å²) in [6.07, 6.45) is 76.2. The van der Waals surface area contributed by atoms with E-state index in [1.54, 1.807) is 0 Å². The molecule has 0 aromatic rings. The van der Waals surface area contributed by atoms with Gasteiger partial charge in [-0.25, -0.2) is 0 Å².